The Kier molecular flexibility index (Phi) is 14.9. The van der Waals surface area contributed by atoms with Crippen molar-refractivity contribution in [2.75, 3.05) is 7.11 Å². The predicted octanol–water partition coefficient (Wildman–Crippen LogP) is 6.37. The van der Waals surface area contributed by atoms with Crippen LogP contribution in [0.15, 0.2) is 97.3 Å². The molecule has 4 amide bonds. The Hall–Kier alpha value is -7.66. The van der Waals surface area contributed by atoms with E-state index in [1.165, 1.54) is 94.5 Å². The number of aromatic carboxylic acids is 1. The lowest BCUT2D eigenvalue weighted by molar-refractivity contribution is 0.0604. The molecule has 0 saturated carbocycles. The number of carbonyl (C=O) groups excluding carboxylic acids is 5. The molecular formula is C43H32Cl2F2N10O8S2. The Morgan fingerprint density at radius 2 is 1.03 bits per heavy atom. The topological polar surface area (TPSA) is 240 Å². The van der Waals surface area contributed by atoms with E-state index in [1.54, 1.807) is 30.3 Å². The van der Waals surface area contributed by atoms with Crippen LogP contribution >= 0.6 is 45.9 Å². The minimum Gasteiger partial charge on any atom is -0.477 e. The third-order valence-electron chi connectivity index (χ3n) is 9.29. The summed E-state index contributed by atoms with van der Waals surface area (Å²) >= 11 is 13.8. The van der Waals surface area contributed by atoms with Gasteiger partial charge in [-0.05, 0) is 59.7 Å². The molecule has 18 nitrogen and oxygen atoms in total. The van der Waals surface area contributed by atoms with Crippen LogP contribution in [-0.2, 0) is 30.9 Å². The number of halogens is 4. The summed E-state index contributed by atoms with van der Waals surface area (Å²) < 4.78 is 33.9. The summed E-state index contributed by atoms with van der Waals surface area (Å²) in [6.07, 6.45) is 2.91. The van der Waals surface area contributed by atoms with Crippen LogP contribution in [0.4, 0.5) is 8.78 Å². The fourth-order valence-corrected chi connectivity index (χ4v) is 8.07. The molecule has 0 saturated heterocycles. The highest BCUT2D eigenvalue weighted by atomic mass is 35.5. The number of benzene rings is 2. The number of nitrogens with one attached hydrogen (secondary N) is 4. The molecule has 0 fully saturated rings. The van der Waals surface area contributed by atoms with E-state index in [0.717, 1.165) is 16.2 Å². The number of esters is 1. The fourth-order valence-electron chi connectivity index (χ4n) is 6.01. The molecule has 0 bridgehead atoms. The van der Waals surface area contributed by atoms with Gasteiger partial charge in [0, 0.05) is 47.1 Å². The zero-order valence-corrected chi connectivity index (χ0v) is 37.5. The number of methoxy groups -OCH3 is 1. The number of hydrogen-bond acceptors (Lipinski definition) is 13. The number of rotatable bonds is 14. The molecule has 6 heterocycles. The van der Waals surface area contributed by atoms with Crippen LogP contribution in [-0.4, -0.2) is 77.0 Å². The zero-order chi connectivity index (χ0) is 47.8. The third kappa shape index (κ3) is 11.6. The van der Waals surface area contributed by atoms with Gasteiger partial charge in [-0.2, -0.15) is 10.2 Å². The van der Waals surface area contributed by atoms with Gasteiger partial charge in [0.1, 0.15) is 44.2 Å². The standard InChI is InChI=1S/C22H17ClFN5O4S.C21H15ClFN5O4S/c1-33-22(32)18-5-3-13(34-18)11-26-21(31)17-9-16(28-19-6-7-27-29(17)19)20(30)25-10-12-2-4-15(24)14(23)8-12;22-13-7-11(1-3-14(13)23)9-24-19(29)15-8-16(28-18(27-15)5-6-26-28)20(30)25-10-12-2-4-17(33-12)21(31)32/h2-9H,10-11H2,1H3,(H,25,30)(H,26,31);1-8H,9-10H2,(H,24,29)(H,25,30)(H,31,32). The van der Waals surface area contributed by atoms with Crippen molar-refractivity contribution < 1.29 is 47.4 Å². The minimum atomic E-state index is -1.04. The molecule has 342 valence electrons. The Labute approximate surface area is 394 Å². The summed E-state index contributed by atoms with van der Waals surface area (Å²) in [5.74, 6) is -4.67. The van der Waals surface area contributed by atoms with Crippen molar-refractivity contribution in [3.05, 3.63) is 172 Å². The van der Waals surface area contributed by atoms with Crippen LogP contribution in [0.25, 0.3) is 11.3 Å². The number of hydrogen-bond donors (Lipinski definition) is 5. The fraction of sp³-hybridized carbons (Fsp3) is 0.116. The molecule has 2 aromatic carbocycles. The molecule has 8 aromatic rings. The maximum absolute atomic E-state index is 13.3. The van der Waals surface area contributed by atoms with E-state index in [0.29, 0.717) is 32.2 Å². The first-order valence-corrected chi connectivity index (χ1v) is 21.8. The van der Waals surface area contributed by atoms with Crippen LogP contribution in [0.1, 0.15) is 82.2 Å². The molecule has 0 unspecified atom stereocenters. The lowest BCUT2D eigenvalue weighted by Crippen LogP contribution is -2.28. The average molecular weight is 990 g/mol. The number of aromatic nitrogens is 6. The molecule has 0 atom stereocenters. The Morgan fingerprint density at radius 1 is 0.597 bits per heavy atom. The molecule has 0 aliphatic rings. The Bertz CT molecular complexity index is 3210. The minimum absolute atomic E-state index is 0.00866. The van der Waals surface area contributed by atoms with Crippen molar-refractivity contribution in [3.63, 3.8) is 0 Å². The molecule has 0 radical (unpaired) electrons. The predicted molar refractivity (Wildman–Crippen MR) is 240 cm³/mol. The first-order chi connectivity index (χ1) is 32.2. The van der Waals surface area contributed by atoms with Crippen LogP contribution in [0.2, 0.25) is 10.0 Å². The quantitative estimate of drug-likeness (QED) is 0.0747. The molecule has 5 N–H and O–H groups in total. The molecule has 0 spiro atoms. The van der Waals surface area contributed by atoms with Crippen LogP contribution in [0.3, 0.4) is 0 Å². The second-order valence-electron chi connectivity index (χ2n) is 13.8. The van der Waals surface area contributed by atoms with Crippen molar-refractivity contribution in [1.29, 1.82) is 0 Å². The molecule has 6 aromatic heterocycles. The monoisotopic (exact) mass is 988 g/mol. The number of fused-ring (bicyclic) bond motifs is 2. The van der Waals surface area contributed by atoms with Gasteiger partial charge < -0.3 is 31.1 Å². The number of thiophene rings is 2. The lowest BCUT2D eigenvalue weighted by atomic mass is 10.2. The van der Waals surface area contributed by atoms with E-state index >= 15 is 0 Å². The first kappa shape index (κ1) is 47.3. The number of ether oxygens (including phenoxy) is 1. The van der Waals surface area contributed by atoms with Gasteiger partial charge in [0.2, 0.25) is 0 Å². The summed E-state index contributed by atoms with van der Waals surface area (Å²) in [4.78, 5) is 84.1. The highest BCUT2D eigenvalue weighted by Gasteiger charge is 2.20. The van der Waals surface area contributed by atoms with Gasteiger partial charge in [-0.3, -0.25) is 19.2 Å². The van der Waals surface area contributed by atoms with Gasteiger partial charge in [-0.1, -0.05) is 35.3 Å². The van der Waals surface area contributed by atoms with Crippen molar-refractivity contribution in [2.45, 2.75) is 26.2 Å². The highest BCUT2D eigenvalue weighted by Crippen LogP contribution is 2.20. The lowest BCUT2D eigenvalue weighted by Gasteiger charge is -2.09. The maximum atomic E-state index is 13.3. The number of carboxylic acids is 1. The number of carbonyl (C=O) groups is 6. The molecule has 0 aliphatic heterocycles. The molecule has 8 rings (SSSR count). The van der Waals surface area contributed by atoms with Gasteiger partial charge in [-0.25, -0.2) is 37.4 Å². The maximum Gasteiger partial charge on any atom is 0.348 e. The van der Waals surface area contributed by atoms with E-state index < -0.39 is 47.2 Å². The summed E-state index contributed by atoms with van der Waals surface area (Å²) in [6.45, 7) is 0.442. The van der Waals surface area contributed by atoms with E-state index in [1.807, 2.05) is 0 Å². The van der Waals surface area contributed by atoms with Crippen molar-refractivity contribution >= 4 is 92.7 Å². The Morgan fingerprint density at radius 3 is 1.45 bits per heavy atom. The number of carboxylic acid groups (broad SMARTS) is 1. The molecule has 67 heavy (non-hydrogen) atoms. The van der Waals surface area contributed by atoms with Gasteiger partial charge in [0.05, 0.1) is 42.6 Å². The highest BCUT2D eigenvalue weighted by molar-refractivity contribution is 7.14. The largest absolute Gasteiger partial charge is 0.477 e. The van der Waals surface area contributed by atoms with Gasteiger partial charge in [-0.15, -0.1) is 22.7 Å². The SMILES string of the molecule is COC(=O)c1ccc(CNC(=O)c2cc(C(=O)NCc3ccc(F)c(Cl)c3)nc3ccnn23)s1.O=C(NCc1ccc(F)c(Cl)c1)c1cc(C(=O)NCc2ccc(C(=O)O)s2)n2nccc2n1. The Balaban J connectivity index is 0.000000199. The van der Waals surface area contributed by atoms with E-state index in [4.69, 9.17) is 28.3 Å². The molecule has 24 heteroatoms. The van der Waals surface area contributed by atoms with Crippen LogP contribution < -0.4 is 21.3 Å². The summed E-state index contributed by atoms with van der Waals surface area (Å²) in [5.41, 5.74) is 1.99. The van der Waals surface area contributed by atoms with Crippen molar-refractivity contribution in [3.8, 4) is 0 Å². The average Bonchev–Trinajstić information content (AvgIpc) is 4.18. The third-order valence-corrected chi connectivity index (χ3v) is 12.0. The van der Waals surface area contributed by atoms with E-state index in [-0.39, 0.29) is 63.9 Å². The van der Waals surface area contributed by atoms with Gasteiger partial charge in [0.15, 0.2) is 11.3 Å². The summed E-state index contributed by atoms with van der Waals surface area (Å²) in [5, 5.41) is 27.9. The van der Waals surface area contributed by atoms with E-state index in [2.05, 4.69) is 46.2 Å². The normalized spacial score (nSPS) is 10.8. The van der Waals surface area contributed by atoms with Crippen molar-refractivity contribution in [1.82, 2.24) is 50.5 Å². The zero-order valence-electron chi connectivity index (χ0n) is 34.4. The van der Waals surface area contributed by atoms with Crippen molar-refractivity contribution in [2.24, 2.45) is 0 Å². The first-order valence-electron chi connectivity index (χ1n) is 19.4. The molecule has 0 aliphatic carbocycles. The van der Waals surface area contributed by atoms with Gasteiger partial charge in [0.25, 0.3) is 23.6 Å². The second-order valence-corrected chi connectivity index (χ2v) is 17.0. The smallest absolute Gasteiger partial charge is 0.348 e. The second kappa shape index (κ2) is 21.1. The van der Waals surface area contributed by atoms with Gasteiger partial charge >= 0.3 is 11.9 Å². The number of amides is 4. The summed E-state index contributed by atoms with van der Waals surface area (Å²) in [6, 6.07) is 20.4. The number of nitrogens with zero attached hydrogens (tertiary/aromatic N) is 6. The van der Waals surface area contributed by atoms with E-state index in [9.17, 15) is 37.5 Å². The van der Waals surface area contributed by atoms with Crippen LogP contribution in [0.5, 0.6) is 0 Å². The molecular weight excluding hydrogens is 958 g/mol. The summed E-state index contributed by atoms with van der Waals surface area (Å²) in [7, 11) is 1.30. The van der Waals surface area contributed by atoms with Crippen LogP contribution in [0, 0.1) is 11.6 Å².